The van der Waals surface area contributed by atoms with Gasteiger partial charge in [-0.3, -0.25) is 4.79 Å². The maximum absolute atomic E-state index is 11.9. The van der Waals surface area contributed by atoms with Gasteiger partial charge in [-0.15, -0.1) is 0 Å². The lowest BCUT2D eigenvalue weighted by Gasteiger charge is -2.14. The second-order valence-electron chi connectivity index (χ2n) is 5.01. The SMILES string of the molecule is CSCC[C@H](N)C(=O)Nc1ccc(OC2CCOC2)cc1. The van der Waals surface area contributed by atoms with Crippen LogP contribution in [0.25, 0.3) is 0 Å². The highest BCUT2D eigenvalue weighted by Crippen LogP contribution is 2.19. The molecule has 6 heteroatoms. The average molecular weight is 310 g/mol. The zero-order valence-corrected chi connectivity index (χ0v) is 13.0. The van der Waals surface area contributed by atoms with Crippen LogP contribution in [-0.4, -0.2) is 43.3 Å². The Morgan fingerprint density at radius 2 is 2.29 bits per heavy atom. The van der Waals surface area contributed by atoms with E-state index in [1.807, 2.05) is 30.5 Å². The standard InChI is InChI=1S/C15H22N2O3S/c1-21-9-7-14(16)15(18)17-11-2-4-12(5-3-11)20-13-6-8-19-10-13/h2-5,13-14H,6-10,16H2,1H3,(H,17,18)/t13?,14-/m0/s1. The molecule has 1 aromatic carbocycles. The number of amides is 1. The summed E-state index contributed by atoms with van der Waals surface area (Å²) in [6.07, 6.45) is 3.72. The molecule has 1 aliphatic heterocycles. The van der Waals surface area contributed by atoms with E-state index in [9.17, 15) is 4.79 Å². The predicted octanol–water partition coefficient (Wildman–Crippen LogP) is 1.87. The van der Waals surface area contributed by atoms with Crippen LogP contribution < -0.4 is 15.8 Å². The number of carbonyl (C=O) groups excluding carboxylic acids is 1. The van der Waals surface area contributed by atoms with Gasteiger partial charge >= 0.3 is 0 Å². The lowest BCUT2D eigenvalue weighted by Crippen LogP contribution is -2.36. The molecule has 5 nitrogen and oxygen atoms in total. The largest absolute Gasteiger partial charge is 0.488 e. The van der Waals surface area contributed by atoms with Crippen LogP contribution in [0.2, 0.25) is 0 Å². The summed E-state index contributed by atoms with van der Waals surface area (Å²) in [5.41, 5.74) is 6.56. The van der Waals surface area contributed by atoms with Gasteiger partial charge in [0, 0.05) is 12.1 Å². The van der Waals surface area contributed by atoms with Gasteiger partial charge in [-0.2, -0.15) is 11.8 Å². The Hall–Kier alpha value is -1.24. The van der Waals surface area contributed by atoms with Crippen LogP contribution in [0, 0.1) is 0 Å². The van der Waals surface area contributed by atoms with Gasteiger partial charge in [-0.25, -0.2) is 0 Å². The second-order valence-corrected chi connectivity index (χ2v) is 5.99. The normalized spacial score (nSPS) is 19.2. The van der Waals surface area contributed by atoms with Gasteiger partial charge < -0.3 is 20.5 Å². The third-order valence-electron chi connectivity index (χ3n) is 3.28. The number of thioether (sulfide) groups is 1. The lowest BCUT2D eigenvalue weighted by atomic mass is 10.2. The molecule has 0 aromatic heterocycles. The zero-order chi connectivity index (χ0) is 15.1. The van der Waals surface area contributed by atoms with Crippen molar-refractivity contribution in [3.63, 3.8) is 0 Å². The van der Waals surface area contributed by atoms with Crippen molar-refractivity contribution in [1.82, 2.24) is 0 Å². The first-order chi connectivity index (χ1) is 10.2. The molecule has 2 rings (SSSR count). The molecule has 1 fully saturated rings. The van der Waals surface area contributed by atoms with Gasteiger partial charge in [0.15, 0.2) is 0 Å². The Kier molecular flexibility index (Phi) is 6.35. The van der Waals surface area contributed by atoms with E-state index in [1.54, 1.807) is 11.8 Å². The molecule has 1 aromatic rings. The Labute approximate surface area is 129 Å². The molecule has 1 saturated heterocycles. The summed E-state index contributed by atoms with van der Waals surface area (Å²) in [4.78, 5) is 11.9. The van der Waals surface area contributed by atoms with Crippen molar-refractivity contribution in [2.75, 3.05) is 30.5 Å². The molecule has 0 saturated carbocycles. The molecule has 1 amide bonds. The molecule has 0 bridgehead atoms. The van der Waals surface area contributed by atoms with E-state index in [0.717, 1.165) is 30.2 Å². The number of nitrogens with two attached hydrogens (primary N) is 1. The van der Waals surface area contributed by atoms with E-state index in [4.69, 9.17) is 15.2 Å². The van der Waals surface area contributed by atoms with Crippen LogP contribution in [0.4, 0.5) is 5.69 Å². The number of ether oxygens (including phenoxy) is 2. The highest BCUT2D eigenvalue weighted by atomic mass is 32.2. The van der Waals surface area contributed by atoms with Gasteiger partial charge in [0.2, 0.25) is 5.91 Å². The zero-order valence-electron chi connectivity index (χ0n) is 12.2. The van der Waals surface area contributed by atoms with Crippen molar-refractivity contribution in [2.24, 2.45) is 5.73 Å². The highest BCUT2D eigenvalue weighted by Gasteiger charge is 2.17. The molecule has 0 aliphatic carbocycles. The molecule has 3 N–H and O–H groups in total. The van der Waals surface area contributed by atoms with E-state index in [1.165, 1.54) is 0 Å². The van der Waals surface area contributed by atoms with Crippen molar-refractivity contribution in [3.05, 3.63) is 24.3 Å². The van der Waals surface area contributed by atoms with Gasteiger partial charge in [0.05, 0.1) is 19.3 Å². The molecule has 116 valence electrons. The van der Waals surface area contributed by atoms with Crippen molar-refractivity contribution < 1.29 is 14.3 Å². The molecule has 1 heterocycles. The van der Waals surface area contributed by atoms with Crippen LogP contribution in [0.15, 0.2) is 24.3 Å². The van der Waals surface area contributed by atoms with Crippen LogP contribution >= 0.6 is 11.8 Å². The predicted molar refractivity (Wildman–Crippen MR) is 85.9 cm³/mol. The van der Waals surface area contributed by atoms with E-state index in [2.05, 4.69) is 5.32 Å². The van der Waals surface area contributed by atoms with Crippen LogP contribution in [-0.2, 0) is 9.53 Å². The van der Waals surface area contributed by atoms with E-state index >= 15 is 0 Å². The van der Waals surface area contributed by atoms with Crippen molar-refractivity contribution in [2.45, 2.75) is 25.0 Å². The quantitative estimate of drug-likeness (QED) is 0.804. The van der Waals surface area contributed by atoms with Crippen molar-refractivity contribution in [1.29, 1.82) is 0 Å². The number of nitrogens with one attached hydrogen (secondary N) is 1. The Morgan fingerprint density at radius 1 is 1.52 bits per heavy atom. The highest BCUT2D eigenvalue weighted by molar-refractivity contribution is 7.98. The fraction of sp³-hybridized carbons (Fsp3) is 0.533. The summed E-state index contributed by atoms with van der Waals surface area (Å²) in [7, 11) is 0. The first-order valence-electron chi connectivity index (χ1n) is 7.09. The molecule has 1 unspecified atom stereocenters. The summed E-state index contributed by atoms with van der Waals surface area (Å²) in [5.74, 6) is 1.52. The summed E-state index contributed by atoms with van der Waals surface area (Å²) in [5, 5.41) is 2.82. The first kappa shape index (κ1) is 16.1. The minimum atomic E-state index is -0.469. The number of rotatable bonds is 7. The maximum Gasteiger partial charge on any atom is 0.241 e. The van der Waals surface area contributed by atoms with Crippen molar-refractivity contribution in [3.8, 4) is 5.75 Å². The Balaban J connectivity index is 1.82. The fourth-order valence-electron chi connectivity index (χ4n) is 2.03. The third kappa shape index (κ3) is 5.22. The Morgan fingerprint density at radius 3 is 2.90 bits per heavy atom. The molecule has 2 atom stereocenters. The van der Waals surface area contributed by atoms with Crippen LogP contribution in [0.1, 0.15) is 12.8 Å². The third-order valence-corrected chi connectivity index (χ3v) is 3.93. The molecule has 1 aliphatic rings. The molecule has 21 heavy (non-hydrogen) atoms. The van der Waals surface area contributed by atoms with E-state index in [-0.39, 0.29) is 12.0 Å². The smallest absolute Gasteiger partial charge is 0.241 e. The number of hydrogen-bond donors (Lipinski definition) is 2. The van der Waals surface area contributed by atoms with E-state index < -0.39 is 6.04 Å². The van der Waals surface area contributed by atoms with Gasteiger partial charge in [-0.1, -0.05) is 0 Å². The average Bonchev–Trinajstić information content (AvgIpc) is 2.99. The summed E-state index contributed by atoms with van der Waals surface area (Å²) >= 11 is 1.68. The Bertz CT molecular complexity index is 447. The molecule has 0 radical (unpaired) electrons. The van der Waals surface area contributed by atoms with Crippen LogP contribution in [0.3, 0.4) is 0 Å². The second kappa shape index (κ2) is 8.26. The monoisotopic (exact) mass is 310 g/mol. The minimum absolute atomic E-state index is 0.130. The molecule has 0 spiro atoms. The first-order valence-corrected chi connectivity index (χ1v) is 8.48. The molecular weight excluding hydrogens is 288 g/mol. The number of carbonyl (C=O) groups is 1. The summed E-state index contributed by atoms with van der Waals surface area (Å²) in [6.45, 7) is 1.40. The molecular formula is C15H22N2O3S. The number of hydrogen-bond acceptors (Lipinski definition) is 5. The topological polar surface area (TPSA) is 73.6 Å². The summed E-state index contributed by atoms with van der Waals surface area (Å²) < 4.78 is 11.0. The van der Waals surface area contributed by atoms with Crippen molar-refractivity contribution >= 4 is 23.4 Å². The fourth-order valence-corrected chi connectivity index (χ4v) is 2.52. The number of anilines is 1. The van der Waals surface area contributed by atoms with Gasteiger partial charge in [-0.05, 0) is 42.7 Å². The van der Waals surface area contributed by atoms with Gasteiger partial charge in [0.25, 0.3) is 0 Å². The number of benzene rings is 1. The minimum Gasteiger partial charge on any atom is -0.488 e. The summed E-state index contributed by atoms with van der Waals surface area (Å²) in [6, 6.07) is 6.88. The van der Waals surface area contributed by atoms with Gasteiger partial charge in [0.1, 0.15) is 11.9 Å². The lowest BCUT2D eigenvalue weighted by molar-refractivity contribution is -0.117. The van der Waals surface area contributed by atoms with E-state index in [0.29, 0.717) is 13.0 Å². The maximum atomic E-state index is 11.9. The van der Waals surface area contributed by atoms with Crippen LogP contribution in [0.5, 0.6) is 5.75 Å².